The number of nitrogens with one attached hydrogen (secondary N) is 1. The maximum absolute atomic E-state index is 11.9. The van der Waals surface area contributed by atoms with E-state index in [0.717, 1.165) is 10.9 Å². The Morgan fingerprint density at radius 3 is 2.82 bits per heavy atom. The maximum Gasteiger partial charge on any atom is 0.246 e. The summed E-state index contributed by atoms with van der Waals surface area (Å²) in [6.45, 7) is 2.02. The molecule has 1 heterocycles. The van der Waals surface area contributed by atoms with Crippen molar-refractivity contribution in [1.82, 2.24) is 10.6 Å². The molecule has 1 aromatic heterocycles. The van der Waals surface area contributed by atoms with E-state index in [0.29, 0.717) is 11.3 Å². The molecule has 5 nitrogen and oxygen atoms in total. The molecule has 1 amide bonds. The highest BCUT2D eigenvalue weighted by atomic mass is 16.5. The molecule has 5 heteroatoms. The van der Waals surface area contributed by atoms with E-state index in [-0.39, 0.29) is 12.3 Å². The number of carbonyl (C=O) groups excluding carboxylic acids is 1. The number of rotatable bonds is 4. The summed E-state index contributed by atoms with van der Waals surface area (Å²) in [6.07, 6.45) is 1.74. The average Bonchev–Trinajstić information content (AvgIpc) is 2.93. The molecule has 0 saturated carbocycles. The van der Waals surface area contributed by atoms with Crippen molar-refractivity contribution in [2.24, 2.45) is 5.10 Å². The normalized spacial score (nSPS) is 11.1. The number of carbonyl (C=O) groups is 1. The van der Waals surface area contributed by atoms with Crippen LogP contribution < -0.4 is 5.43 Å². The molecule has 0 aliphatic carbocycles. The second-order valence-corrected chi connectivity index (χ2v) is 5.01. The van der Waals surface area contributed by atoms with Gasteiger partial charge in [-0.15, -0.1) is 0 Å². The van der Waals surface area contributed by atoms with Crippen molar-refractivity contribution in [2.75, 3.05) is 0 Å². The fourth-order valence-corrected chi connectivity index (χ4v) is 2.09. The maximum atomic E-state index is 11.9. The molecule has 0 spiro atoms. The van der Waals surface area contributed by atoms with Crippen LogP contribution in [0.15, 0.2) is 58.2 Å². The zero-order valence-electron chi connectivity index (χ0n) is 12.1. The topological polar surface area (TPSA) is 67.5 Å². The molecule has 110 valence electrons. The van der Waals surface area contributed by atoms with E-state index in [1.54, 1.807) is 6.21 Å². The summed E-state index contributed by atoms with van der Waals surface area (Å²) in [6, 6.07) is 15.3. The molecule has 0 unspecified atom stereocenters. The quantitative estimate of drug-likeness (QED) is 0.594. The summed E-state index contributed by atoms with van der Waals surface area (Å²) in [5.41, 5.74) is 5.89. The third-order valence-electron chi connectivity index (χ3n) is 3.26. The minimum absolute atomic E-state index is 0.127. The first-order valence-corrected chi connectivity index (χ1v) is 6.94. The highest BCUT2D eigenvalue weighted by Gasteiger charge is 2.11. The van der Waals surface area contributed by atoms with Gasteiger partial charge in [0.25, 0.3) is 0 Å². The van der Waals surface area contributed by atoms with Gasteiger partial charge in [-0.1, -0.05) is 47.1 Å². The number of hydrogen-bond acceptors (Lipinski definition) is 4. The Hall–Kier alpha value is -2.95. The number of aromatic nitrogens is 1. The molecule has 0 aliphatic heterocycles. The van der Waals surface area contributed by atoms with Crippen LogP contribution in [0.3, 0.4) is 0 Å². The second kappa shape index (κ2) is 6.22. The molecule has 1 N–H and O–H groups in total. The van der Waals surface area contributed by atoms with Gasteiger partial charge in [0.15, 0.2) is 5.58 Å². The minimum atomic E-state index is -0.234. The number of aryl methyl sites for hydroxylation is 1. The zero-order chi connectivity index (χ0) is 15.4. The van der Waals surface area contributed by atoms with Crippen LogP contribution in [0, 0.1) is 6.92 Å². The lowest BCUT2D eigenvalue weighted by Crippen LogP contribution is -2.20. The Labute approximate surface area is 127 Å². The first-order chi connectivity index (χ1) is 10.7. The highest BCUT2D eigenvalue weighted by Crippen LogP contribution is 2.17. The van der Waals surface area contributed by atoms with Crippen molar-refractivity contribution in [2.45, 2.75) is 13.3 Å². The van der Waals surface area contributed by atoms with Gasteiger partial charge in [0.1, 0.15) is 5.69 Å². The first kappa shape index (κ1) is 14.0. The fourth-order valence-electron chi connectivity index (χ4n) is 2.09. The van der Waals surface area contributed by atoms with E-state index < -0.39 is 0 Å². The summed E-state index contributed by atoms with van der Waals surface area (Å²) in [7, 11) is 0. The van der Waals surface area contributed by atoms with Crippen LogP contribution in [0.5, 0.6) is 0 Å². The smallest absolute Gasteiger partial charge is 0.246 e. The van der Waals surface area contributed by atoms with Gasteiger partial charge in [-0.2, -0.15) is 5.10 Å². The van der Waals surface area contributed by atoms with E-state index in [4.69, 9.17) is 4.52 Å². The zero-order valence-corrected chi connectivity index (χ0v) is 12.1. The van der Waals surface area contributed by atoms with Crippen molar-refractivity contribution in [3.05, 3.63) is 65.4 Å². The monoisotopic (exact) mass is 293 g/mol. The van der Waals surface area contributed by atoms with Gasteiger partial charge < -0.3 is 4.52 Å². The van der Waals surface area contributed by atoms with Crippen LogP contribution in [-0.2, 0) is 11.2 Å². The standard InChI is InChI=1S/C17H15N3O2/c1-12-6-8-13(9-7-12)11-18-19-17(21)10-15-14-4-2-3-5-16(14)22-20-15/h2-9,11H,10H2,1H3,(H,19,21)/b18-11-. The summed E-state index contributed by atoms with van der Waals surface area (Å²) >= 11 is 0. The minimum Gasteiger partial charge on any atom is -0.356 e. The van der Waals surface area contributed by atoms with Crippen LogP contribution in [0.2, 0.25) is 0 Å². The molecule has 0 atom stereocenters. The van der Waals surface area contributed by atoms with E-state index in [1.807, 2.05) is 55.5 Å². The molecule has 0 aliphatic rings. The molecule has 3 aromatic rings. The number of hydrogen-bond donors (Lipinski definition) is 1. The van der Waals surface area contributed by atoms with Gasteiger partial charge in [-0.3, -0.25) is 4.79 Å². The SMILES string of the molecule is Cc1ccc(/C=N\NC(=O)Cc2noc3ccccc23)cc1. The first-order valence-electron chi connectivity index (χ1n) is 6.94. The van der Waals surface area contributed by atoms with Gasteiger partial charge in [0, 0.05) is 5.39 Å². The number of benzene rings is 2. The lowest BCUT2D eigenvalue weighted by atomic mass is 10.2. The van der Waals surface area contributed by atoms with E-state index in [9.17, 15) is 4.79 Å². The number of para-hydroxylation sites is 1. The van der Waals surface area contributed by atoms with E-state index >= 15 is 0 Å². The van der Waals surface area contributed by atoms with Gasteiger partial charge in [-0.05, 0) is 24.6 Å². The molecule has 3 rings (SSSR count). The number of amides is 1. The Bertz CT molecular complexity index is 819. The Balaban J connectivity index is 1.62. The summed E-state index contributed by atoms with van der Waals surface area (Å²) in [4.78, 5) is 11.9. The number of hydrazone groups is 1. The molecular formula is C17H15N3O2. The lowest BCUT2D eigenvalue weighted by molar-refractivity contribution is -0.120. The second-order valence-electron chi connectivity index (χ2n) is 5.01. The summed E-state index contributed by atoms with van der Waals surface area (Å²) in [5, 5.41) is 8.72. The Morgan fingerprint density at radius 1 is 1.23 bits per heavy atom. The summed E-state index contributed by atoms with van der Waals surface area (Å²) < 4.78 is 5.17. The van der Waals surface area contributed by atoms with Crippen molar-refractivity contribution in [3.63, 3.8) is 0 Å². The number of fused-ring (bicyclic) bond motifs is 1. The van der Waals surface area contributed by atoms with Crippen molar-refractivity contribution >= 4 is 23.1 Å². The molecular weight excluding hydrogens is 278 g/mol. The van der Waals surface area contributed by atoms with E-state index in [1.165, 1.54) is 5.56 Å². The van der Waals surface area contributed by atoms with Gasteiger partial charge in [0.2, 0.25) is 5.91 Å². The van der Waals surface area contributed by atoms with Crippen molar-refractivity contribution < 1.29 is 9.32 Å². The van der Waals surface area contributed by atoms with Crippen LogP contribution in [-0.4, -0.2) is 17.3 Å². The van der Waals surface area contributed by atoms with Gasteiger partial charge in [-0.25, -0.2) is 5.43 Å². The van der Waals surface area contributed by atoms with Crippen molar-refractivity contribution in [1.29, 1.82) is 0 Å². The summed E-state index contributed by atoms with van der Waals surface area (Å²) in [5.74, 6) is -0.234. The molecule has 0 fully saturated rings. The van der Waals surface area contributed by atoms with Gasteiger partial charge >= 0.3 is 0 Å². The Kier molecular flexibility index (Phi) is 3.96. The third-order valence-corrected chi connectivity index (χ3v) is 3.26. The molecule has 0 saturated heterocycles. The fraction of sp³-hybridized carbons (Fsp3) is 0.118. The van der Waals surface area contributed by atoms with Crippen molar-refractivity contribution in [3.8, 4) is 0 Å². The third kappa shape index (κ3) is 3.20. The predicted molar refractivity (Wildman–Crippen MR) is 84.6 cm³/mol. The average molecular weight is 293 g/mol. The van der Waals surface area contributed by atoms with Crippen LogP contribution in [0.4, 0.5) is 0 Å². The van der Waals surface area contributed by atoms with E-state index in [2.05, 4.69) is 15.7 Å². The van der Waals surface area contributed by atoms with Gasteiger partial charge in [0.05, 0.1) is 12.6 Å². The molecule has 0 radical (unpaired) electrons. The Morgan fingerprint density at radius 2 is 2.00 bits per heavy atom. The molecule has 22 heavy (non-hydrogen) atoms. The molecule has 2 aromatic carbocycles. The van der Waals surface area contributed by atoms with Crippen LogP contribution in [0.25, 0.3) is 11.0 Å². The number of nitrogens with zero attached hydrogens (tertiary/aromatic N) is 2. The lowest BCUT2D eigenvalue weighted by Gasteiger charge is -1.98. The van der Waals surface area contributed by atoms with Crippen LogP contribution in [0.1, 0.15) is 16.8 Å². The largest absolute Gasteiger partial charge is 0.356 e. The predicted octanol–water partition coefficient (Wildman–Crippen LogP) is 2.83. The molecule has 0 bridgehead atoms. The van der Waals surface area contributed by atoms with Crippen LogP contribution >= 0.6 is 0 Å². The highest BCUT2D eigenvalue weighted by molar-refractivity contribution is 5.87.